The van der Waals surface area contributed by atoms with Gasteiger partial charge in [-0.3, -0.25) is 4.79 Å². The molecule has 3 N–H and O–H groups in total. The van der Waals surface area contributed by atoms with Gasteiger partial charge < -0.3 is 11.1 Å². The molecule has 0 saturated heterocycles. The number of anilines is 2. The highest BCUT2D eigenvalue weighted by atomic mass is 79.9. The molecule has 1 aromatic rings. The highest BCUT2D eigenvalue weighted by Gasteiger charge is 2.09. The lowest BCUT2D eigenvalue weighted by atomic mass is 10.1. The zero-order chi connectivity index (χ0) is 14.3. The Bertz CT molecular complexity index is 412. The number of hydrogen-bond acceptors (Lipinski definition) is 2. The summed E-state index contributed by atoms with van der Waals surface area (Å²) in [5.41, 5.74) is 7.10. The number of benzene rings is 1. The van der Waals surface area contributed by atoms with Gasteiger partial charge in [-0.15, -0.1) is 0 Å². The molecule has 106 valence electrons. The zero-order valence-corrected chi connectivity index (χ0v) is 14.3. The number of rotatable bonds is 7. The molecule has 1 rings (SSSR count). The van der Waals surface area contributed by atoms with Gasteiger partial charge in [0.05, 0.1) is 11.4 Å². The third kappa shape index (κ3) is 5.95. The molecule has 0 atom stereocenters. The second-order valence-electron chi connectivity index (χ2n) is 4.56. The molecule has 1 aromatic carbocycles. The van der Waals surface area contributed by atoms with Crippen LogP contribution in [0.15, 0.2) is 21.1 Å². The maximum atomic E-state index is 11.8. The third-order valence-corrected chi connectivity index (χ3v) is 3.94. The molecule has 19 heavy (non-hydrogen) atoms. The lowest BCUT2D eigenvalue weighted by Gasteiger charge is -2.11. The van der Waals surface area contributed by atoms with Gasteiger partial charge in [-0.2, -0.15) is 0 Å². The van der Waals surface area contributed by atoms with Crippen molar-refractivity contribution >= 4 is 49.1 Å². The van der Waals surface area contributed by atoms with Crippen molar-refractivity contribution in [1.82, 2.24) is 0 Å². The molecule has 3 nitrogen and oxygen atoms in total. The molecular weight excluding hydrogens is 372 g/mol. The fourth-order valence-electron chi connectivity index (χ4n) is 1.82. The number of halogens is 2. The van der Waals surface area contributed by atoms with E-state index in [-0.39, 0.29) is 5.91 Å². The number of nitrogens with two attached hydrogens (primary N) is 1. The zero-order valence-electron chi connectivity index (χ0n) is 11.1. The third-order valence-electron chi connectivity index (χ3n) is 2.86. The second-order valence-corrected chi connectivity index (χ2v) is 6.33. The summed E-state index contributed by atoms with van der Waals surface area (Å²) in [4.78, 5) is 11.8. The molecule has 0 aliphatic carbocycles. The van der Waals surface area contributed by atoms with Crippen molar-refractivity contribution in [2.75, 3.05) is 11.1 Å². The van der Waals surface area contributed by atoms with Crippen molar-refractivity contribution in [2.45, 2.75) is 45.4 Å². The van der Waals surface area contributed by atoms with Crippen LogP contribution in [0.3, 0.4) is 0 Å². The van der Waals surface area contributed by atoms with Crippen molar-refractivity contribution in [1.29, 1.82) is 0 Å². The van der Waals surface area contributed by atoms with Crippen LogP contribution < -0.4 is 11.1 Å². The van der Waals surface area contributed by atoms with Crippen molar-refractivity contribution in [3.05, 3.63) is 21.1 Å². The van der Waals surface area contributed by atoms with Crippen LogP contribution in [0.25, 0.3) is 0 Å². The molecule has 1 amide bonds. The first-order chi connectivity index (χ1) is 9.04. The van der Waals surface area contributed by atoms with E-state index in [1.807, 2.05) is 6.07 Å². The average molecular weight is 392 g/mol. The van der Waals surface area contributed by atoms with Gasteiger partial charge in [0.2, 0.25) is 5.91 Å². The minimum Gasteiger partial charge on any atom is -0.397 e. The van der Waals surface area contributed by atoms with E-state index >= 15 is 0 Å². The average Bonchev–Trinajstić information content (AvgIpc) is 2.33. The maximum Gasteiger partial charge on any atom is 0.224 e. The standard InChI is InChI=1S/C14H20Br2N2O/c1-2-3-4-5-6-7-13(19)18-14-11(16)8-10(15)9-12(14)17/h8-9H,2-7,17H2,1H3,(H,18,19). The van der Waals surface area contributed by atoms with Gasteiger partial charge in [0.25, 0.3) is 0 Å². The summed E-state index contributed by atoms with van der Waals surface area (Å²) in [6, 6.07) is 3.65. The van der Waals surface area contributed by atoms with Crippen LogP contribution in [0.5, 0.6) is 0 Å². The largest absolute Gasteiger partial charge is 0.397 e. The van der Waals surface area contributed by atoms with E-state index in [4.69, 9.17) is 5.73 Å². The molecule has 0 fully saturated rings. The summed E-state index contributed by atoms with van der Waals surface area (Å²) in [5.74, 6) is 0.0196. The summed E-state index contributed by atoms with van der Waals surface area (Å²) in [7, 11) is 0. The Labute approximate surface area is 131 Å². The number of nitrogens with one attached hydrogen (secondary N) is 1. The lowest BCUT2D eigenvalue weighted by Crippen LogP contribution is -2.13. The molecule has 5 heteroatoms. The number of hydrogen-bond donors (Lipinski definition) is 2. The van der Waals surface area contributed by atoms with Gasteiger partial charge in [0, 0.05) is 15.4 Å². The van der Waals surface area contributed by atoms with E-state index in [1.54, 1.807) is 6.07 Å². The van der Waals surface area contributed by atoms with Crippen LogP contribution >= 0.6 is 31.9 Å². The van der Waals surface area contributed by atoms with Crippen molar-refractivity contribution in [2.24, 2.45) is 0 Å². The number of amides is 1. The minimum absolute atomic E-state index is 0.0196. The summed E-state index contributed by atoms with van der Waals surface area (Å²) >= 11 is 6.76. The molecule has 0 heterocycles. The summed E-state index contributed by atoms with van der Waals surface area (Å²) in [6.45, 7) is 2.18. The Morgan fingerprint density at radius 1 is 1.21 bits per heavy atom. The number of nitrogen functional groups attached to an aromatic ring is 1. The van der Waals surface area contributed by atoms with E-state index in [1.165, 1.54) is 19.3 Å². The topological polar surface area (TPSA) is 55.1 Å². The molecule has 0 bridgehead atoms. The predicted octanol–water partition coefficient (Wildman–Crippen LogP) is 5.09. The van der Waals surface area contributed by atoms with Gasteiger partial charge >= 0.3 is 0 Å². The van der Waals surface area contributed by atoms with E-state index in [2.05, 4.69) is 44.1 Å². The first-order valence-corrected chi connectivity index (χ1v) is 8.17. The molecule has 0 aromatic heterocycles. The highest BCUT2D eigenvalue weighted by Crippen LogP contribution is 2.32. The molecule has 0 aliphatic heterocycles. The Balaban J connectivity index is 2.44. The second kappa shape index (κ2) is 8.59. The monoisotopic (exact) mass is 390 g/mol. The van der Waals surface area contributed by atoms with Gasteiger partial charge in [-0.25, -0.2) is 0 Å². The molecule has 0 saturated carbocycles. The number of carbonyl (C=O) groups is 1. The smallest absolute Gasteiger partial charge is 0.224 e. The first kappa shape index (κ1) is 16.5. The fourth-order valence-corrected chi connectivity index (χ4v) is 3.17. The highest BCUT2D eigenvalue weighted by molar-refractivity contribution is 9.11. The maximum absolute atomic E-state index is 11.8. The van der Waals surface area contributed by atoms with Crippen LogP contribution in [0.1, 0.15) is 45.4 Å². The Kier molecular flexibility index (Phi) is 7.46. The molecule has 0 unspecified atom stereocenters. The number of unbranched alkanes of at least 4 members (excludes halogenated alkanes) is 4. The summed E-state index contributed by atoms with van der Waals surface area (Å²) in [5, 5.41) is 2.86. The first-order valence-electron chi connectivity index (χ1n) is 6.59. The predicted molar refractivity (Wildman–Crippen MR) is 88.3 cm³/mol. The molecule has 0 aliphatic rings. The van der Waals surface area contributed by atoms with Crippen molar-refractivity contribution in [3.8, 4) is 0 Å². The lowest BCUT2D eigenvalue weighted by molar-refractivity contribution is -0.116. The van der Waals surface area contributed by atoms with Crippen molar-refractivity contribution < 1.29 is 4.79 Å². The van der Waals surface area contributed by atoms with E-state index in [0.717, 1.165) is 21.8 Å². The van der Waals surface area contributed by atoms with Crippen molar-refractivity contribution in [3.63, 3.8) is 0 Å². The van der Waals surface area contributed by atoms with E-state index < -0.39 is 0 Å². The van der Waals surface area contributed by atoms with E-state index in [0.29, 0.717) is 17.8 Å². The number of carbonyl (C=O) groups excluding carboxylic acids is 1. The summed E-state index contributed by atoms with van der Waals surface area (Å²) in [6.07, 6.45) is 6.25. The van der Waals surface area contributed by atoms with Gasteiger partial charge in [-0.05, 0) is 34.5 Å². The molecular formula is C14H20Br2N2O. The van der Waals surface area contributed by atoms with E-state index in [9.17, 15) is 4.79 Å². The summed E-state index contributed by atoms with van der Waals surface area (Å²) < 4.78 is 1.67. The fraction of sp³-hybridized carbons (Fsp3) is 0.500. The Morgan fingerprint density at radius 3 is 2.53 bits per heavy atom. The normalized spacial score (nSPS) is 10.5. The van der Waals surface area contributed by atoms with Crippen LogP contribution in [0.2, 0.25) is 0 Å². The Hall–Kier alpha value is -0.550. The molecule has 0 radical (unpaired) electrons. The minimum atomic E-state index is 0.0196. The Morgan fingerprint density at radius 2 is 1.89 bits per heavy atom. The van der Waals surface area contributed by atoms with Crippen LogP contribution in [-0.2, 0) is 4.79 Å². The van der Waals surface area contributed by atoms with Gasteiger partial charge in [0.1, 0.15) is 0 Å². The van der Waals surface area contributed by atoms with Crippen LogP contribution in [0.4, 0.5) is 11.4 Å². The van der Waals surface area contributed by atoms with Gasteiger partial charge in [0.15, 0.2) is 0 Å². The molecule has 0 spiro atoms. The quantitative estimate of drug-likeness (QED) is 0.502. The van der Waals surface area contributed by atoms with Crippen LogP contribution in [0, 0.1) is 0 Å². The SMILES string of the molecule is CCCCCCCC(=O)Nc1c(N)cc(Br)cc1Br. The van der Waals surface area contributed by atoms with Gasteiger partial charge in [-0.1, -0.05) is 48.5 Å². The van der Waals surface area contributed by atoms with Crippen LogP contribution in [-0.4, -0.2) is 5.91 Å².